The molecule has 2 aliphatic heterocycles. The lowest BCUT2D eigenvalue weighted by molar-refractivity contribution is -0.151. The van der Waals surface area contributed by atoms with Crippen LogP contribution in [0.2, 0.25) is 0 Å². The highest BCUT2D eigenvalue weighted by Gasteiger charge is 2.60. The summed E-state index contributed by atoms with van der Waals surface area (Å²) in [6, 6.07) is 7.87. The quantitative estimate of drug-likeness (QED) is 0.316. The smallest absolute Gasteiger partial charge is 0.306 e. The first-order valence-electron chi connectivity index (χ1n) is 13.3. The first kappa shape index (κ1) is 26.4. The minimum atomic E-state index is -0.514. The number of dihydropyridines is 1. The average molecular weight is 499 g/mol. The standard InChI is InChI=1S/C20H31N3O4.C8H9N.H2/c21-18-13-17(23-8-11-25-12-9-23)16-14-20(16,22-18)26-10-4-7-19(24)27-15-5-2-1-3-6-15;1-7-3-2-4-8(5-7)6-9;/h13,15-16H,1-12,14H2,(H2,21,22);2-6,9H,1H3;1H. The number of esters is 1. The number of amidine groups is 1. The topological polar surface area (TPSA) is 110 Å². The number of rotatable bonds is 8. The van der Waals surface area contributed by atoms with Crippen LogP contribution in [-0.4, -0.2) is 67.7 Å². The normalized spacial score (nSPS) is 25.5. The van der Waals surface area contributed by atoms with Crippen molar-refractivity contribution in [2.24, 2.45) is 16.6 Å². The number of fused-ring (bicyclic) bond motifs is 1. The molecule has 3 N–H and O–H groups in total. The van der Waals surface area contributed by atoms with E-state index in [1.807, 2.05) is 37.3 Å². The van der Waals surface area contributed by atoms with Gasteiger partial charge in [-0.2, -0.15) is 0 Å². The number of hydrogen-bond donors (Lipinski definition) is 2. The molecule has 2 heterocycles. The molecule has 1 aromatic rings. The van der Waals surface area contributed by atoms with Crippen LogP contribution in [0.3, 0.4) is 0 Å². The molecule has 4 aliphatic rings. The molecule has 0 bridgehead atoms. The Morgan fingerprint density at radius 2 is 2.08 bits per heavy atom. The van der Waals surface area contributed by atoms with Gasteiger partial charge in [0, 0.05) is 39.3 Å². The number of nitrogens with zero attached hydrogens (tertiary/aromatic N) is 2. The van der Waals surface area contributed by atoms with Crippen LogP contribution in [0.1, 0.15) is 63.9 Å². The second-order valence-corrected chi connectivity index (χ2v) is 10.1. The SMILES string of the molecule is Cc1cccc(C=N)c1.NC1=NC2(OCCCC(=O)OC3CCCCC3)CC2C(N2CCOCC2)=C1.[HH]. The number of morpholine rings is 1. The van der Waals surface area contributed by atoms with Gasteiger partial charge in [0.25, 0.3) is 0 Å². The summed E-state index contributed by atoms with van der Waals surface area (Å²) < 4.78 is 17.1. The van der Waals surface area contributed by atoms with Crippen LogP contribution in [0.5, 0.6) is 0 Å². The van der Waals surface area contributed by atoms with Crippen molar-refractivity contribution >= 4 is 18.0 Å². The fraction of sp³-hybridized carbons (Fsp3) is 0.607. The van der Waals surface area contributed by atoms with E-state index in [2.05, 4.69) is 9.89 Å². The summed E-state index contributed by atoms with van der Waals surface area (Å²) in [7, 11) is 0. The Morgan fingerprint density at radius 3 is 2.78 bits per heavy atom. The van der Waals surface area contributed by atoms with Gasteiger partial charge in [-0.05, 0) is 50.7 Å². The maximum absolute atomic E-state index is 12.0. The second-order valence-electron chi connectivity index (χ2n) is 10.1. The zero-order valence-corrected chi connectivity index (χ0v) is 21.4. The van der Waals surface area contributed by atoms with E-state index in [4.69, 9.17) is 25.4 Å². The molecule has 198 valence electrons. The third-order valence-corrected chi connectivity index (χ3v) is 7.16. The number of nitrogens with two attached hydrogens (primary N) is 1. The Hall–Kier alpha value is -2.71. The van der Waals surface area contributed by atoms with Gasteiger partial charge in [0.1, 0.15) is 11.9 Å². The Kier molecular flexibility index (Phi) is 9.15. The zero-order valence-electron chi connectivity index (χ0n) is 21.4. The lowest BCUT2D eigenvalue weighted by Crippen LogP contribution is -2.39. The van der Waals surface area contributed by atoms with Crippen molar-refractivity contribution in [3.63, 3.8) is 0 Å². The van der Waals surface area contributed by atoms with Crippen molar-refractivity contribution in [2.45, 2.75) is 70.1 Å². The predicted molar refractivity (Wildman–Crippen MR) is 142 cm³/mol. The molecule has 0 radical (unpaired) electrons. The molecule has 2 aliphatic carbocycles. The highest BCUT2D eigenvalue weighted by Crippen LogP contribution is 2.55. The van der Waals surface area contributed by atoms with E-state index in [9.17, 15) is 4.79 Å². The first-order valence-corrected chi connectivity index (χ1v) is 13.3. The van der Waals surface area contributed by atoms with Crippen LogP contribution in [0.15, 0.2) is 41.0 Å². The molecule has 0 spiro atoms. The molecule has 36 heavy (non-hydrogen) atoms. The second kappa shape index (κ2) is 12.5. The largest absolute Gasteiger partial charge is 0.462 e. The van der Waals surface area contributed by atoms with Crippen LogP contribution in [-0.2, 0) is 19.0 Å². The summed E-state index contributed by atoms with van der Waals surface area (Å²) in [5.74, 6) is 0.704. The van der Waals surface area contributed by atoms with Crippen LogP contribution in [0.4, 0.5) is 0 Å². The number of aliphatic imine (C=N–C) groups is 1. The summed E-state index contributed by atoms with van der Waals surface area (Å²) in [6.07, 6.45) is 11.0. The van der Waals surface area contributed by atoms with Crippen molar-refractivity contribution in [2.75, 3.05) is 32.9 Å². The van der Waals surface area contributed by atoms with Crippen molar-refractivity contribution < 1.29 is 20.4 Å². The number of aryl methyl sites for hydroxylation is 1. The molecule has 8 heteroatoms. The van der Waals surface area contributed by atoms with E-state index >= 15 is 0 Å². The molecule has 2 atom stereocenters. The fourth-order valence-electron chi connectivity index (χ4n) is 5.17. The van der Waals surface area contributed by atoms with E-state index in [0.29, 0.717) is 25.3 Å². The first-order chi connectivity index (χ1) is 17.5. The lowest BCUT2D eigenvalue weighted by Gasteiger charge is -2.33. The van der Waals surface area contributed by atoms with Gasteiger partial charge >= 0.3 is 5.97 Å². The number of ether oxygens (including phenoxy) is 3. The summed E-state index contributed by atoms with van der Waals surface area (Å²) in [6.45, 7) is 5.80. The minimum absolute atomic E-state index is 0. The zero-order chi connectivity index (χ0) is 25.4. The Morgan fingerprint density at radius 1 is 1.31 bits per heavy atom. The third-order valence-electron chi connectivity index (χ3n) is 7.16. The van der Waals surface area contributed by atoms with Crippen molar-refractivity contribution in [1.82, 2.24) is 4.90 Å². The molecular weight excluding hydrogens is 456 g/mol. The van der Waals surface area contributed by atoms with Gasteiger partial charge in [0.05, 0.1) is 25.7 Å². The Balaban J connectivity index is 0.000000324. The number of carbonyl (C=O) groups excluding carboxylic acids is 1. The molecule has 0 amide bonds. The van der Waals surface area contributed by atoms with E-state index in [0.717, 1.165) is 51.1 Å². The molecule has 3 fully saturated rings. The molecule has 5 rings (SSSR count). The fourth-order valence-corrected chi connectivity index (χ4v) is 5.17. The van der Waals surface area contributed by atoms with Gasteiger partial charge in [-0.15, -0.1) is 0 Å². The van der Waals surface area contributed by atoms with Gasteiger partial charge in [-0.25, -0.2) is 4.99 Å². The summed E-state index contributed by atoms with van der Waals surface area (Å²) in [5.41, 5.74) is 8.93. The molecule has 8 nitrogen and oxygen atoms in total. The number of carbonyl (C=O) groups is 1. The monoisotopic (exact) mass is 498 g/mol. The maximum Gasteiger partial charge on any atom is 0.306 e. The minimum Gasteiger partial charge on any atom is -0.462 e. The summed E-state index contributed by atoms with van der Waals surface area (Å²) >= 11 is 0. The third kappa shape index (κ3) is 7.17. The van der Waals surface area contributed by atoms with Crippen LogP contribution in [0.25, 0.3) is 0 Å². The van der Waals surface area contributed by atoms with Gasteiger partial charge in [0.2, 0.25) is 0 Å². The summed E-state index contributed by atoms with van der Waals surface area (Å²) in [5, 5.41) is 6.92. The van der Waals surface area contributed by atoms with E-state index < -0.39 is 5.72 Å². The van der Waals surface area contributed by atoms with Crippen LogP contribution in [0, 0.1) is 18.3 Å². The van der Waals surface area contributed by atoms with Gasteiger partial charge in [-0.3, -0.25) is 4.79 Å². The highest BCUT2D eigenvalue weighted by molar-refractivity contribution is 5.93. The van der Waals surface area contributed by atoms with Crippen molar-refractivity contribution in [3.8, 4) is 0 Å². The molecule has 2 unspecified atom stereocenters. The lowest BCUT2D eigenvalue weighted by atomic mass is 9.98. The average Bonchev–Trinajstić information content (AvgIpc) is 3.62. The molecule has 2 saturated carbocycles. The number of hydrogen-bond acceptors (Lipinski definition) is 8. The van der Waals surface area contributed by atoms with E-state index in [1.54, 1.807) is 0 Å². The highest BCUT2D eigenvalue weighted by atomic mass is 16.5. The number of benzene rings is 1. The van der Waals surface area contributed by atoms with Crippen molar-refractivity contribution in [1.29, 1.82) is 5.41 Å². The van der Waals surface area contributed by atoms with Crippen LogP contribution >= 0.6 is 0 Å². The number of nitrogens with one attached hydrogen (secondary N) is 1. The molecule has 1 saturated heterocycles. The van der Waals surface area contributed by atoms with E-state index in [1.165, 1.54) is 36.7 Å². The Bertz CT molecular complexity index is 973. The molecule has 1 aromatic carbocycles. The van der Waals surface area contributed by atoms with Gasteiger partial charge in [-0.1, -0.05) is 36.2 Å². The maximum atomic E-state index is 12.0. The van der Waals surface area contributed by atoms with Crippen LogP contribution < -0.4 is 5.73 Å². The van der Waals surface area contributed by atoms with Crippen molar-refractivity contribution in [3.05, 3.63) is 47.2 Å². The molecular formula is C28H42N4O4. The Labute approximate surface area is 215 Å². The summed E-state index contributed by atoms with van der Waals surface area (Å²) in [4.78, 5) is 18.9. The predicted octanol–water partition coefficient (Wildman–Crippen LogP) is 4.20. The van der Waals surface area contributed by atoms with Gasteiger partial charge in [0.15, 0.2) is 5.72 Å². The van der Waals surface area contributed by atoms with E-state index in [-0.39, 0.29) is 19.4 Å². The molecule has 0 aromatic heterocycles. The van der Waals surface area contributed by atoms with Gasteiger partial charge < -0.3 is 30.3 Å².